The summed E-state index contributed by atoms with van der Waals surface area (Å²) in [7, 11) is 4.74. The number of fused-ring (bicyclic) bond motifs is 1. The molecule has 3 rings (SSSR count). The minimum atomic E-state index is 0.589. The molecular formula is C24H37N2+. The third kappa shape index (κ3) is 4.40. The highest BCUT2D eigenvalue weighted by molar-refractivity contribution is 5.35. The van der Waals surface area contributed by atoms with Gasteiger partial charge in [0.2, 0.25) is 0 Å². The van der Waals surface area contributed by atoms with Gasteiger partial charge in [0.1, 0.15) is 0 Å². The van der Waals surface area contributed by atoms with Crippen LogP contribution in [0.5, 0.6) is 0 Å². The van der Waals surface area contributed by atoms with Crippen molar-refractivity contribution >= 4 is 0 Å². The number of allylic oxidation sites excluding steroid dienone is 2. The minimum Gasteiger partial charge on any atom is -0.368 e. The van der Waals surface area contributed by atoms with Crippen molar-refractivity contribution in [3.05, 3.63) is 59.3 Å². The van der Waals surface area contributed by atoms with E-state index in [1.54, 1.807) is 0 Å². The highest BCUT2D eigenvalue weighted by Gasteiger charge is 2.30. The summed E-state index contributed by atoms with van der Waals surface area (Å²) < 4.78 is 1.20. The lowest BCUT2D eigenvalue weighted by Crippen LogP contribution is -2.46. The summed E-state index contributed by atoms with van der Waals surface area (Å²) in [5, 5.41) is 0. The maximum atomic E-state index is 4.14. The predicted molar refractivity (Wildman–Crippen MR) is 112 cm³/mol. The summed E-state index contributed by atoms with van der Waals surface area (Å²) in [6.07, 6.45) is 8.51. The second kappa shape index (κ2) is 8.00. The highest BCUT2D eigenvalue weighted by Crippen LogP contribution is 2.31. The number of likely N-dealkylation sites (tertiary alicyclic amines) is 1. The third-order valence-electron chi connectivity index (χ3n) is 6.55. The van der Waals surface area contributed by atoms with Crippen LogP contribution in [0.4, 0.5) is 0 Å². The van der Waals surface area contributed by atoms with Gasteiger partial charge in [0.15, 0.2) is 0 Å². The third-order valence-corrected chi connectivity index (χ3v) is 6.55. The molecule has 0 saturated carbocycles. The number of benzene rings is 1. The quantitative estimate of drug-likeness (QED) is 0.524. The van der Waals surface area contributed by atoms with Crippen molar-refractivity contribution in [2.24, 2.45) is 5.92 Å². The molecule has 142 valence electrons. The molecule has 0 amide bonds. The average Bonchev–Trinajstić information content (AvgIpc) is 3.03. The SMILES string of the molecule is C=CC(=C(C)C)N(CCC1CC[N+](C)(C)CC1)C1Cc2ccccc2C1. The molecular weight excluding hydrogens is 316 g/mol. The molecule has 0 N–H and O–H groups in total. The first kappa shape index (κ1) is 19.2. The van der Waals surface area contributed by atoms with Crippen molar-refractivity contribution in [3.8, 4) is 0 Å². The van der Waals surface area contributed by atoms with Crippen LogP contribution in [-0.4, -0.2) is 49.2 Å². The second-order valence-corrected chi connectivity index (χ2v) is 9.23. The monoisotopic (exact) mass is 353 g/mol. The molecule has 1 saturated heterocycles. The Bertz CT molecular complexity index is 632. The number of hydrogen-bond acceptors (Lipinski definition) is 1. The van der Waals surface area contributed by atoms with Gasteiger partial charge in [0.05, 0.1) is 27.2 Å². The van der Waals surface area contributed by atoms with E-state index < -0.39 is 0 Å². The van der Waals surface area contributed by atoms with Gasteiger partial charge < -0.3 is 9.38 Å². The molecule has 0 unspecified atom stereocenters. The Balaban J connectivity index is 1.69. The van der Waals surface area contributed by atoms with E-state index in [1.165, 1.54) is 78.6 Å². The first-order chi connectivity index (χ1) is 12.4. The van der Waals surface area contributed by atoms with Crippen LogP contribution in [0.2, 0.25) is 0 Å². The average molecular weight is 354 g/mol. The lowest BCUT2D eigenvalue weighted by Gasteiger charge is -2.39. The van der Waals surface area contributed by atoms with Gasteiger partial charge in [-0.3, -0.25) is 0 Å². The molecule has 1 aromatic rings. The summed E-state index contributed by atoms with van der Waals surface area (Å²) in [4.78, 5) is 2.68. The molecule has 1 aromatic carbocycles. The summed E-state index contributed by atoms with van der Waals surface area (Å²) in [5.74, 6) is 0.885. The molecule has 26 heavy (non-hydrogen) atoms. The largest absolute Gasteiger partial charge is 0.368 e. The van der Waals surface area contributed by atoms with E-state index in [9.17, 15) is 0 Å². The molecule has 2 nitrogen and oxygen atoms in total. The van der Waals surface area contributed by atoms with E-state index in [-0.39, 0.29) is 0 Å². The van der Waals surface area contributed by atoms with E-state index in [2.05, 4.69) is 69.8 Å². The molecule has 0 spiro atoms. The minimum absolute atomic E-state index is 0.589. The molecule has 1 fully saturated rings. The molecule has 0 radical (unpaired) electrons. The zero-order chi connectivity index (χ0) is 18.7. The van der Waals surface area contributed by atoms with Crippen LogP contribution in [0, 0.1) is 5.92 Å². The molecule has 2 heteroatoms. The van der Waals surface area contributed by atoms with E-state index >= 15 is 0 Å². The number of piperidine rings is 1. The maximum absolute atomic E-state index is 4.14. The molecule has 0 atom stereocenters. The lowest BCUT2D eigenvalue weighted by atomic mass is 9.92. The smallest absolute Gasteiger partial charge is 0.0785 e. The molecule has 0 bridgehead atoms. The van der Waals surface area contributed by atoms with Gasteiger partial charge in [0.25, 0.3) is 0 Å². The van der Waals surface area contributed by atoms with Crippen molar-refractivity contribution in [1.29, 1.82) is 0 Å². The Morgan fingerprint density at radius 3 is 2.19 bits per heavy atom. The van der Waals surface area contributed by atoms with Crippen molar-refractivity contribution in [2.45, 2.75) is 52.0 Å². The molecule has 1 heterocycles. The number of nitrogens with zero attached hydrogens (tertiary/aromatic N) is 2. The van der Waals surface area contributed by atoms with Crippen LogP contribution < -0.4 is 0 Å². The van der Waals surface area contributed by atoms with Crippen LogP contribution in [-0.2, 0) is 12.8 Å². The zero-order valence-electron chi connectivity index (χ0n) is 17.3. The van der Waals surface area contributed by atoms with Crippen molar-refractivity contribution in [2.75, 3.05) is 33.7 Å². The highest BCUT2D eigenvalue weighted by atomic mass is 15.3. The van der Waals surface area contributed by atoms with Gasteiger partial charge in [-0.1, -0.05) is 36.4 Å². The maximum Gasteiger partial charge on any atom is 0.0785 e. The van der Waals surface area contributed by atoms with Crippen molar-refractivity contribution in [3.63, 3.8) is 0 Å². The van der Waals surface area contributed by atoms with Crippen molar-refractivity contribution in [1.82, 2.24) is 4.90 Å². The van der Waals surface area contributed by atoms with E-state index in [0.717, 1.165) is 5.92 Å². The Kier molecular flexibility index (Phi) is 5.92. The first-order valence-corrected chi connectivity index (χ1v) is 10.3. The van der Waals surface area contributed by atoms with Gasteiger partial charge in [0, 0.05) is 18.3 Å². The van der Waals surface area contributed by atoms with Crippen LogP contribution in [0.15, 0.2) is 48.2 Å². The Morgan fingerprint density at radius 1 is 1.12 bits per heavy atom. The van der Waals surface area contributed by atoms with Crippen LogP contribution in [0.25, 0.3) is 0 Å². The van der Waals surface area contributed by atoms with E-state index in [1.807, 2.05) is 0 Å². The van der Waals surface area contributed by atoms with Crippen molar-refractivity contribution < 1.29 is 4.48 Å². The van der Waals surface area contributed by atoms with Crippen LogP contribution in [0.3, 0.4) is 0 Å². The first-order valence-electron chi connectivity index (χ1n) is 10.3. The fraction of sp³-hybridized carbons (Fsp3) is 0.583. The number of hydrogen-bond donors (Lipinski definition) is 0. The summed E-state index contributed by atoms with van der Waals surface area (Å²) in [5.41, 5.74) is 5.82. The number of rotatable bonds is 6. The Labute approximate surface area is 160 Å². The van der Waals surface area contributed by atoms with Crippen LogP contribution >= 0.6 is 0 Å². The Morgan fingerprint density at radius 2 is 1.69 bits per heavy atom. The zero-order valence-corrected chi connectivity index (χ0v) is 17.3. The van der Waals surface area contributed by atoms with Crippen LogP contribution in [0.1, 0.15) is 44.2 Å². The Hall–Kier alpha value is -1.54. The normalized spacial score (nSPS) is 19.8. The molecule has 1 aliphatic carbocycles. The van der Waals surface area contributed by atoms with E-state index in [0.29, 0.717) is 6.04 Å². The number of quaternary nitrogens is 1. The summed E-state index contributed by atoms with van der Waals surface area (Å²) in [6, 6.07) is 9.58. The molecule has 2 aliphatic rings. The van der Waals surface area contributed by atoms with E-state index in [4.69, 9.17) is 0 Å². The molecule has 1 aliphatic heterocycles. The predicted octanol–water partition coefficient (Wildman–Crippen LogP) is 4.81. The lowest BCUT2D eigenvalue weighted by molar-refractivity contribution is -0.896. The standard InChI is InChI=1S/C24H37N2/c1-6-24(19(2)3)25(14-11-20-12-15-26(4,5)16-13-20)23-17-21-9-7-8-10-22(21)18-23/h6-10,20,23H,1,11-18H2,2-5H3/q+1. The van der Waals surface area contributed by atoms with Gasteiger partial charge >= 0.3 is 0 Å². The fourth-order valence-corrected chi connectivity index (χ4v) is 4.79. The topological polar surface area (TPSA) is 3.24 Å². The fourth-order valence-electron chi connectivity index (χ4n) is 4.79. The summed E-state index contributed by atoms with van der Waals surface area (Å²) >= 11 is 0. The van der Waals surface area contributed by atoms with Gasteiger partial charge in [-0.05, 0) is 69.1 Å². The second-order valence-electron chi connectivity index (χ2n) is 9.23. The van der Waals surface area contributed by atoms with Gasteiger partial charge in [-0.2, -0.15) is 0 Å². The summed E-state index contributed by atoms with van der Waals surface area (Å²) in [6.45, 7) is 12.4. The molecule has 0 aromatic heterocycles. The van der Waals surface area contributed by atoms with Gasteiger partial charge in [-0.25, -0.2) is 0 Å². The van der Waals surface area contributed by atoms with Gasteiger partial charge in [-0.15, -0.1) is 0 Å².